The summed E-state index contributed by atoms with van der Waals surface area (Å²) in [4.78, 5) is 42.3. The quantitative estimate of drug-likeness (QED) is 0.396. The second-order valence-electron chi connectivity index (χ2n) is 9.13. The normalized spacial score (nSPS) is 15.0. The number of furan rings is 1. The molecule has 0 aromatic carbocycles. The molecule has 36 heavy (non-hydrogen) atoms. The average Bonchev–Trinajstić information content (AvgIpc) is 3.52. The van der Waals surface area contributed by atoms with Crippen LogP contribution in [-0.2, 0) is 13.1 Å². The van der Waals surface area contributed by atoms with E-state index in [1.807, 2.05) is 43.5 Å². The number of fused-ring (bicyclic) bond motifs is 1. The number of piperazine rings is 1. The molecule has 0 aliphatic carbocycles. The number of nitrogens with zero attached hydrogens (tertiary/aromatic N) is 4. The van der Waals surface area contributed by atoms with E-state index in [1.54, 1.807) is 0 Å². The number of aromatic nitrogens is 3. The summed E-state index contributed by atoms with van der Waals surface area (Å²) in [6.07, 6.45) is 0. The molecule has 1 aliphatic heterocycles. The van der Waals surface area contributed by atoms with Crippen molar-refractivity contribution < 1.29 is 9.21 Å². The van der Waals surface area contributed by atoms with Crippen molar-refractivity contribution >= 4 is 27.5 Å². The van der Waals surface area contributed by atoms with Gasteiger partial charge in [0.2, 0.25) is 0 Å². The van der Waals surface area contributed by atoms with E-state index in [0.29, 0.717) is 27.4 Å². The molecular weight excluding hydrogens is 476 g/mol. The maximum Gasteiger partial charge on any atom is 0.271 e. The number of aryl methyl sites for hydroxylation is 2. The van der Waals surface area contributed by atoms with Crippen LogP contribution in [0.5, 0.6) is 0 Å². The zero-order valence-corrected chi connectivity index (χ0v) is 21.6. The minimum atomic E-state index is -0.356. The highest BCUT2D eigenvalue weighted by Gasteiger charge is 2.21. The minimum absolute atomic E-state index is 0.114. The van der Waals surface area contributed by atoms with Crippen molar-refractivity contribution in [1.29, 1.82) is 0 Å². The minimum Gasteiger partial charge on any atom is -0.456 e. The van der Waals surface area contributed by atoms with E-state index in [0.717, 1.165) is 56.3 Å². The molecule has 5 heterocycles. The van der Waals surface area contributed by atoms with Gasteiger partial charge in [-0.1, -0.05) is 6.92 Å². The molecule has 0 unspecified atom stereocenters. The molecule has 9 nitrogen and oxygen atoms in total. The fourth-order valence-electron chi connectivity index (χ4n) is 4.55. The van der Waals surface area contributed by atoms with Crippen LogP contribution in [0.3, 0.4) is 0 Å². The van der Waals surface area contributed by atoms with Gasteiger partial charge in [0.25, 0.3) is 11.5 Å². The van der Waals surface area contributed by atoms with Crippen LogP contribution in [-0.4, -0.2) is 63.4 Å². The van der Waals surface area contributed by atoms with E-state index < -0.39 is 0 Å². The van der Waals surface area contributed by atoms with Crippen molar-refractivity contribution in [3.05, 3.63) is 68.3 Å². The summed E-state index contributed by atoms with van der Waals surface area (Å²) in [5, 5.41) is 4.75. The largest absolute Gasteiger partial charge is 0.456 e. The topological polar surface area (TPSA) is 107 Å². The van der Waals surface area contributed by atoms with E-state index in [9.17, 15) is 9.59 Å². The predicted octanol–water partition coefficient (Wildman–Crippen LogP) is 3.32. The van der Waals surface area contributed by atoms with Gasteiger partial charge in [-0.15, -0.1) is 11.3 Å². The molecule has 4 aromatic rings. The third-order valence-corrected chi connectivity index (χ3v) is 7.52. The molecule has 0 spiro atoms. The van der Waals surface area contributed by atoms with Gasteiger partial charge in [0.1, 0.15) is 11.5 Å². The molecule has 1 aliphatic rings. The van der Waals surface area contributed by atoms with Crippen LogP contribution < -0.4 is 10.9 Å². The molecule has 5 rings (SSSR count). The average molecular weight is 507 g/mol. The predicted molar refractivity (Wildman–Crippen MR) is 140 cm³/mol. The first-order chi connectivity index (χ1) is 17.4. The van der Waals surface area contributed by atoms with Crippen molar-refractivity contribution in [3.8, 4) is 11.6 Å². The Kier molecular flexibility index (Phi) is 6.99. The first-order valence-corrected chi connectivity index (χ1v) is 13.1. The Labute approximate surface area is 213 Å². The highest BCUT2D eigenvalue weighted by molar-refractivity contribution is 7.17. The maximum atomic E-state index is 13.2. The third-order valence-electron chi connectivity index (χ3n) is 6.61. The molecule has 1 amide bonds. The summed E-state index contributed by atoms with van der Waals surface area (Å²) in [5.41, 5.74) is 2.92. The number of H-pyrrole nitrogens is 1. The van der Waals surface area contributed by atoms with Gasteiger partial charge in [-0.05, 0) is 55.6 Å². The molecular formula is C26H30N6O3S. The Morgan fingerprint density at radius 3 is 2.67 bits per heavy atom. The van der Waals surface area contributed by atoms with Gasteiger partial charge in [-0.2, -0.15) is 0 Å². The van der Waals surface area contributed by atoms with Crippen LogP contribution in [0.1, 0.15) is 40.0 Å². The number of nitrogens with one attached hydrogen (secondary N) is 2. The molecule has 2 N–H and O–H groups in total. The van der Waals surface area contributed by atoms with E-state index in [-0.39, 0.29) is 23.7 Å². The summed E-state index contributed by atoms with van der Waals surface area (Å²) in [6, 6.07) is 7.58. The third kappa shape index (κ3) is 5.11. The lowest BCUT2D eigenvalue weighted by molar-refractivity contribution is 0.0947. The van der Waals surface area contributed by atoms with Gasteiger partial charge in [-0.3, -0.25) is 14.5 Å². The Morgan fingerprint density at radius 1 is 1.14 bits per heavy atom. The molecule has 1 saturated heterocycles. The standard InChI is InChI=1S/C26H30N6O3S/c1-4-31-8-10-32(11-9-31)15-18-5-6-21(35-18)24-29-20-7-12-36-23(20)22(30-24)26(34)27-14-19-16(2)13-17(3)28-25(19)33/h5-7,12-13H,4,8-11,14-15H2,1-3H3,(H,27,34)(H,28,33). The first-order valence-electron chi connectivity index (χ1n) is 12.2. The van der Waals surface area contributed by atoms with E-state index in [1.165, 1.54) is 11.3 Å². The number of pyridine rings is 1. The monoisotopic (exact) mass is 506 g/mol. The number of carbonyl (C=O) groups is 1. The second-order valence-corrected chi connectivity index (χ2v) is 10.0. The number of thiophene rings is 1. The fourth-order valence-corrected chi connectivity index (χ4v) is 5.37. The molecule has 0 radical (unpaired) electrons. The van der Waals surface area contributed by atoms with Gasteiger partial charge in [0, 0.05) is 44.0 Å². The fraction of sp³-hybridized carbons (Fsp3) is 0.385. The highest BCUT2D eigenvalue weighted by Crippen LogP contribution is 2.27. The van der Waals surface area contributed by atoms with Crippen LogP contribution in [0.25, 0.3) is 21.8 Å². The van der Waals surface area contributed by atoms with Gasteiger partial charge in [0.15, 0.2) is 11.6 Å². The molecule has 1 fully saturated rings. The zero-order chi connectivity index (χ0) is 25.2. The SMILES string of the molecule is CCN1CCN(Cc2ccc(-c3nc(C(=O)NCc4c(C)cc(C)[nH]c4=O)c4sccc4n3)o2)CC1. The summed E-state index contributed by atoms with van der Waals surface area (Å²) < 4.78 is 6.80. The van der Waals surface area contributed by atoms with Crippen LogP contribution in [0.2, 0.25) is 0 Å². The molecule has 4 aromatic heterocycles. The molecule has 0 saturated carbocycles. The lowest BCUT2D eigenvalue weighted by Crippen LogP contribution is -2.45. The Bertz CT molecular complexity index is 1450. The van der Waals surface area contributed by atoms with Gasteiger partial charge in [0.05, 0.1) is 16.8 Å². The molecule has 0 atom stereocenters. The summed E-state index contributed by atoms with van der Waals surface area (Å²) in [7, 11) is 0. The van der Waals surface area contributed by atoms with Gasteiger partial charge < -0.3 is 19.6 Å². The van der Waals surface area contributed by atoms with E-state index in [4.69, 9.17) is 4.42 Å². The number of aromatic amines is 1. The van der Waals surface area contributed by atoms with Gasteiger partial charge >= 0.3 is 0 Å². The molecule has 10 heteroatoms. The van der Waals surface area contributed by atoms with Crippen LogP contribution in [0.4, 0.5) is 0 Å². The lowest BCUT2D eigenvalue weighted by atomic mass is 10.1. The summed E-state index contributed by atoms with van der Waals surface area (Å²) in [6.45, 7) is 12.0. The van der Waals surface area contributed by atoms with Crippen molar-refractivity contribution in [1.82, 2.24) is 30.1 Å². The number of hydrogen-bond donors (Lipinski definition) is 2. The first kappa shape index (κ1) is 24.4. The number of hydrogen-bond acceptors (Lipinski definition) is 8. The van der Waals surface area contributed by atoms with E-state index >= 15 is 0 Å². The Balaban J connectivity index is 1.35. The lowest BCUT2D eigenvalue weighted by Gasteiger charge is -2.33. The zero-order valence-electron chi connectivity index (χ0n) is 20.8. The van der Waals surface area contributed by atoms with E-state index in [2.05, 4.69) is 37.0 Å². The van der Waals surface area contributed by atoms with Crippen LogP contribution in [0, 0.1) is 13.8 Å². The number of carbonyl (C=O) groups excluding carboxylic acids is 1. The second kappa shape index (κ2) is 10.3. The smallest absolute Gasteiger partial charge is 0.271 e. The van der Waals surface area contributed by atoms with Crippen molar-refractivity contribution in [2.24, 2.45) is 0 Å². The van der Waals surface area contributed by atoms with Crippen molar-refractivity contribution in [3.63, 3.8) is 0 Å². The van der Waals surface area contributed by atoms with Crippen LogP contribution >= 0.6 is 11.3 Å². The number of amides is 1. The number of likely N-dealkylation sites (N-methyl/N-ethyl adjacent to an activating group) is 1. The highest BCUT2D eigenvalue weighted by atomic mass is 32.1. The van der Waals surface area contributed by atoms with Gasteiger partial charge in [-0.25, -0.2) is 9.97 Å². The Hall–Kier alpha value is -3.34. The summed E-state index contributed by atoms with van der Waals surface area (Å²) >= 11 is 1.41. The number of rotatable bonds is 7. The van der Waals surface area contributed by atoms with Crippen molar-refractivity contribution in [2.75, 3.05) is 32.7 Å². The van der Waals surface area contributed by atoms with Crippen molar-refractivity contribution in [2.45, 2.75) is 33.9 Å². The summed E-state index contributed by atoms with van der Waals surface area (Å²) in [5.74, 6) is 1.40. The van der Waals surface area contributed by atoms with Crippen LogP contribution in [0.15, 0.2) is 38.9 Å². The molecule has 188 valence electrons. The molecule has 0 bridgehead atoms. The Morgan fingerprint density at radius 2 is 1.92 bits per heavy atom. The maximum absolute atomic E-state index is 13.2.